The van der Waals surface area contributed by atoms with E-state index in [2.05, 4.69) is 16.7 Å². The summed E-state index contributed by atoms with van der Waals surface area (Å²) < 4.78 is 1.13. The molecule has 1 unspecified atom stereocenters. The second-order valence-electron chi connectivity index (χ2n) is 2.50. The lowest BCUT2D eigenvalue weighted by Gasteiger charge is -2.29. The van der Waals surface area contributed by atoms with Gasteiger partial charge in [0.1, 0.15) is 4.32 Å². The Kier molecular flexibility index (Phi) is 2.11. The predicted octanol–water partition coefficient (Wildman–Crippen LogP) is 1.44. The number of thiocarbonyl (C=S) groups is 1. The van der Waals surface area contributed by atoms with Gasteiger partial charge in [0.15, 0.2) is 0 Å². The molecule has 2 fully saturated rings. The Morgan fingerprint density at radius 2 is 2.40 bits per heavy atom. The van der Waals surface area contributed by atoms with Crippen molar-refractivity contribution >= 4 is 40.1 Å². The molecule has 0 amide bonds. The molecule has 0 aromatic rings. The van der Waals surface area contributed by atoms with Gasteiger partial charge in [-0.25, -0.2) is 0 Å². The fourth-order valence-electron chi connectivity index (χ4n) is 1.28. The number of hydrogen-bond donors (Lipinski definition) is 0. The molecule has 0 radical (unpaired) electrons. The molecular weight excluding hydrogens is 182 g/mol. The van der Waals surface area contributed by atoms with Crippen LogP contribution in [0.4, 0.5) is 0 Å². The van der Waals surface area contributed by atoms with Crippen molar-refractivity contribution in [2.75, 3.05) is 23.8 Å². The van der Waals surface area contributed by atoms with Gasteiger partial charge < -0.3 is 4.90 Å². The summed E-state index contributed by atoms with van der Waals surface area (Å²) in [4.78, 5) is 2.39. The van der Waals surface area contributed by atoms with Gasteiger partial charge in [0.2, 0.25) is 0 Å². The van der Waals surface area contributed by atoms with Gasteiger partial charge in [-0.05, 0) is 0 Å². The van der Waals surface area contributed by atoms with Crippen LogP contribution in [0.1, 0.15) is 0 Å². The normalized spacial score (nSPS) is 32.6. The molecule has 10 heavy (non-hydrogen) atoms. The first-order valence-corrected chi connectivity index (χ1v) is 5.94. The van der Waals surface area contributed by atoms with E-state index in [1.807, 2.05) is 11.8 Å². The van der Waals surface area contributed by atoms with E-state index in [9.17, 15) is 0 Å². The maximum Gasteiger partial charge on any atom is 0.136 e. The molecule has 2 rings (SSSR count). The summed E-state index contributed by atoms with van der Waals surface area (Å²) in [5.41, 5.74) is 0. The van der Waals surface area contributed by atoms with E-state index in [-0.39, 0.29) is 0 Å². The highest BCUT2D eigenvalue weighted by Crippen LogP contribution is 2.29. The van der Waals surface area contributed by atoms with Crippen LogP contribution < -0.4 is 0 Å². The maximum absolute atomic E-state index is 5.20. The molecule has 2 saturated heterocycles. The summed E-state index contributed by atoms with van der Waals surface area (Å²) in [6.45, 7) is 1.18. The SMILES string of the molecule is S=C1SCC2CSCCN12. The van der Waals surface area contributed by atoms with E-state index in [1.54, 1.807) is 0 Å². The van der Waals surface area contributed by atoms with E-state index in [0.717, 1.165) is 10.4 Å². The molecule has 0 aromatic heterocycles. The minimum Gasteiger partial charge on any atom is -0.352 e. The minimum atomic E-state index is 0.760. The second-order valence-corrected chi connectivity index (χ2v) is 5.30. The first-order chi connectivity index (χ1) is 4.88. The third-order valence-electron chi connectivity index (χ3n) is 1.86. The topological polar surface area (TPSA) is 3.24 Å². The van der Waals surface area contributed by atoms with Crippen molar-refractivity contribution in [1.29, 1.82) is 0 Å². The van der Waals surface area contributed by atoms with E-state index in [0.29, 0.717) is 0 Å². The Labute approximate surface area is 74.9 Å². The van der Waals surface area contributed by atoms with Gasteiger partial charge >= 0.3 is 0 Å². The Morgan fingerprint density at radius 3 is 3.20 bits per heavy atom. The summed E-state index contributed by atoms with van der Waals surface area (Å²) in [6.07, 6.45) is 0. The van der Waals surface area contributed by atoms with E-state index >= 15 is 0 Å². The van der Waals surface area contributed by atoms with Gasteiger partial charge in [0.05, 0.1) is 0 Å². The fraction of sp³-hybridized carbons (Fsp3) is 0.833. The molecule has 0 bridgehead atoms. The number of nitrogens with zero attached hydrogens (tertiary/aromatic N) is 1. The number of thioether (sulfide) groups is 2. The number of rotatable bonds is 0. The Bertz CT molecular complexity index is 159. The van der Waals surface area contributed by atoms with Crippen molar-refractivity contribution in [3.05, 3.63) is 0 Å². The van der Waals surface area contributed by atoms with Crippen molar-refractivity contribution in [3.8, 4) is 0 Å². The number of hydrogen-bond acceptors (Lipinski definition) is 3. The fourth-order valence-corrected chi connectivity index (χ4v) is 3.98. The summed E-state index contributed by atoms with van der Waals surface area (Å²) in [6, 6.07) is 0.760. The van der Waals surface area contributed by atoms with Crippen molar-refractivity contribution in [2.24, 2.45) is 0 Å². The van der Waals surface area contributed by atoms with Gasteiger partial charge in [-0.2, -0.15) is 11.8 Å². The molecule has 2 aliphatic heterocycles. The molecule has 1 atom stereocenters. The minimum absolute atomic E-state index is 0.760. The van der Waals surface area contributed by atoms with Crippen LogP contribution in [0.2, 0.25) is 0 Å². The maximum atomic E-state index is 5.20. The average molecular weight is 191 g/mol. The monoisotopic (exact) mass is 191 g/mol. The van der Waals surface area contributed by atoms with Crippen molar-refractivity contribution in [1.82, 2.24) is 4.90 Å². The van der Waals surface area contributed by atoms with Crippen LogP contribution >= 0.6 is 35.7 Å². The predicted molar refractivity (Wildman–Crippen MR) is 52.9 cm³/mol. The Morgan fingerprint density at radius 1 is 1.50 bits per heavy atom. The van der Waals surface area contributed by atoms with Gasteiger partial charge in [0, 0.05) is 29.8 Å². The lowest BCUT2D eigenvalue weighted by Crippen LogP contribution is -2.40. The lowest BCUT2D eigenvalue weighted by atomic mass is 10.3. The average Bonchev–Trinajstić information content (AvgIpc) is 2.34. The molecule has 0 N–H and O–H groups in total. The summed E-state index contributed by atoms with van der Waals surface area (Å²) in [5, 5.41) is 0. The first-order valence-electron chi connectivity index (χ1n) is 3.39. The van der Waals surface area contributed by atoms with Gasteiger partial charge in [-0.1, -0.05) is 24.0 Å². The Hall–Kier alpha value is 0.590. The van der Waals surface area contributed by atoms with Crippen LogP contribution in [-0.4, -0.2) is 39.1 Å². The highest BCUT2D eigenvalue weighted by Gasteiger charge is 2.30. The van der Waals surface area contributed by atoms with Crippen molar-refractivity contribution in [3.63, 3.8) is 0 Å². The molecule has 0 aromatic carbocycles. The van der Waals surface area contributed by atoms with Crippen LogP contribution in [0, 0.1) is 0 Å². The highest BCUT2D eigenvalue weighted by atomic mass is 32.2. The largest absolute Gasteiger partial charge is 0.352 e. The summed E-state index contributed by atoms with van der Waals surface area (Å²) in [5.74, 6) is 3.77. The molecule has 1 nitrogen and oxygen atoms in total. The first kappa shape index (κ1) is 7.25. The standard InChI is InChI=1S/C6H9NS3/c8-6-7-1-2-9-3-5(7)4-10-6/h5H,1-4H2. The summed E-state index contributed by atoms with van der Waals surface area (Å²) in [7, 11) is 0. The van der Waals surface area contributed by atoms with Crippen LogP contribution in [0.25, 0.3) is 0 Å². The molecule has 0 spiro atoms. The molecule has 56 valence electrons. The van der Waals surface area contributed by atoms with Gasteiger partial charge in [-0.15, -0.1) is 0 Å². The van der Waals surface area contributed by atoms with Crippen LogP contribution in [0.3, 0.4) is 0 Å². The summed E-state index contributed by atoms with van der Waals surface area (Å²) >= 11 is 9.10. The number of fused-ring (bicyclic) bond motifs is 1. The molecule has 0 saturated carbocycles. The van der Waals surface area contributed by atoms with E-state index < -0.39 is 0 Å². The molecule has 4 heteroatoms. The zero-order valence-corrected chi connectivity index (χ0v) is 8.03. The van der Waals surface area contributed by atoms with E-state index in [4.69, 9.17) is 12.2 Å². The quantitative estimate of drug-likeness (QED) is 0.533. The molecule has 2 heterocycles. The van der Waals surface area contributed by atoms with Crippen molar-refractivity contribution < 1.29 is 0 Å². The van der Waals surface area contributed by atoms with Gasteiger partial charge in [0.25, 0.3) is 0 Å². The smallest absolute Gasteiger partial charge is 0.136 e. The molecule has 2 aliphatic rings. The second kappa shape index (κ2) is 2.91. The lowest BCUT2D eigenvalue weighted by molar-refractivity contribution is 0.392. The van der Waals surface area contributed by atoms with Crippen LogP contribution in [-0.2, 0) is 0 Å². The van der Waals surface area contributed by atoms with Gasteiger partial charge in [-0.3, -0.25) is 0 Å². The van der Waals surface area contributed by atoms with E-state index in [1.165, 1.54) is 23.8 Å². The van der Waals surface area contributed by atoms with Crippen molar-refractivity contribution in [2.45, 2.75) is 6.04 Å². The third-order valence-corrected chi connectivity index (χ3v) is 4.57. The Balaban J connectivity index is 2.08. The zero-order valence-electron chi connectivity index (χ0n) is 5.58. The highest BCUT2D eigenvalue weighted by molar-refractivity contribution is 8.23. The third kappa shape index (κ3) is 1.17. The molecular formula is C6H9NS3. The van der Waals surface area contributed by atoms with Crippen LogP contribution in [0.15, 0.2) is 0 Å². The zero-order chi connectivity index (χ0) is 6.97. The van der Waals surface area contributed by atoms with Crippen LogP contribution in [0.5, 0.6) is 0 Å². The molecule has 0 aliphatic carbocycles.